The number of sulfone groups is 1. The zero-order chi connectivity index (χ0) is 23.3. The van der Waals surface area contributed by atoms with Crippen LogP contribution >= 0.6 is 0 Å². The molecule has 0 heterocycles. The Hall–Kier alpha value is -0.720. The molecule has 0 aliphatic carbocycles. The summed E-state index contributed by atoms with van der Waals surface area (Å²) in [6, 6.07) is 0. The fourth-order valence-electron chi connectivity index (χ4n) is 2.50. The highest BCUT2D eigenvalue weighted by atomic mass is 32.2. The van der Waals surface area contributed by atoms with Crippen molar-refractivity contribution in [1.29, 1.82) is 0 Å². The molecule has 0 aromatic rings. The second kappa shape index (κ2) is 10.1. The fraction of sp³-hybridized carbons (Fsp3) is 1.00. The molecule has 176 valence electrons. The summed E-state index contributed by atoms with van der Waals surface area (Å²) in [5.41, 5.74) is -4.32. The van der Waals surface area contributed by atoms with Gasteiger partial charge in [0, 0.05) is 19.3 Å². The first kappa shape index (κ1) is 28.3. The van der Waals surface area contributed by atoms with Crippen LogP contribution in [0.3, 0.4) is 0 Å². The minimum Gasteiger partial charge on any atom is -0.309 e. The molecule has 2 atom stereocenters. The summed E-state index contributed by atoms with van der Waals surface area (Å²) < 4.78 is 141. The third-order valence-corrected chi connectivity index (χ3v) is 6.06. The van der Waals surface area contributed by atoms with Gasteiger partial charge in [-0.05, 0) is 40.4 Å². The Bertz CT molecular complexity index is 598. The number of hydrogen-bond acceptors (Lipinski definition) is 3. The Morgan fingerprint density at radius 1 is 0.828 bits per heavy atom. The topological polar surface area (TPSA) is 37.4 Å². The lowest BCUT2D eigenvalue weighted by molar-refractivity contribution is -0.254. The molecule has 0 saturated carbocycles. The van der Waals surface area contributed by atoms with Crippen LogP contribution in [-0.2, 0) is 9.84 Å². The largest absolute Gasteiger partial charge is 0.422 e. The molecule has 0 N–H and O–H groups in total. The van der Waals surface area contributed by atoms with E-state index in [1.165, 1.54) is 0 Å². The molecule has 2 unspecified atom stereocenters. The molecule has 0 spiro atoms. The van der Waals surface area contributed by atoms with E-state index < -0.39 is 70.5 Å². The zero-order valence-electron chi connectivity index (χ0n) is 16.3. The Labute approximate surface area is 164 Å². The second-order valence-electron chi connectivity index (χ2n) is 7.61. The molecule has 0 radical (unpaired) electrons. The van der Waals surface area contributed by atoms with Gasteiger partial charge in [0.05, 0.1) is 17.4 Å². The minimum atomic E-state index is -5.66. The number of hydrogen-bond donors (Lipinski definition) is 0. The van der Waals surface area contributed by atoms with Gasteiger partial charge in [-0.25, -0.2) is 21.6 Å². The van der Waals surface area contributed by atoms with Gasteiger partial charge in [-0.1, -0.05) is 0 Å². The van der Waals surface area contributed by atoms with Crippen molar-refractivity contribution in [2.45, 2.75) is 63.0 Å². The Balaban J connectivity index is 4.99. The SMILES string of the molecule is CN(C)CCCCS(=O)(=O)CCC(F)(F)CC(CC(C)(F)C(F)(F)F)C(F)(F)F. The van der Waals surface area contributed by atoms with E-state index in [4.69, 9.17) is 0 Å². The van der Waals surface area contributed by atoms with Crippen LogP contribution in [0.1, 0.15) is 39.0 Å². The maximum Gasteiger partial charge on any atom is 0.422 e. The van der Waals surface area contributed by atoms with E-state index in [9.17, 15) is 47.9 Å². The molecule has 0 aliphatic rings. The van der Waals surface area contributed by atoms with Gasteiger partial charge in [0.25, 0.3) is 0 Å². The lowest BCUT2D eigenvalue weighted by Crippen LogP contribution is -2.44. The minimum absolute atomic E-state index is 0.151. The van der Waals surface area contributed by atoms with E-state index in [2.05, 4.69) is 0 Å². The normalized spacial score (nSPS) is 17.4. The van der Waals surface area contributed by atoms with E-state index in [-0.39, 0.29) is 13.3 Å². The van der Waals surface area contributed by atoms with E-state index in [1.54, 1.807) is 19.0 Å². The number of alkyl halides is 9. The number of halogens is 9. The maximum atomic E-state index is 13.9. The van der Waals surface area contributed by atoms with Crippen LogP contribution in [0.5, 0.6) is 0 Å². The van der Waals surface area contributed by atoms with Crippen molar-refractivity contribution in [3.63, 3.8) is 0 Å². The summed E-state index contributed by atoms with van der Waals surface area (Å²) in [5.74, 6) is -9.05. The van der Waals surface area contributed by atoms with Crippen LogP contribution in [-0.4, -0.2) is 69.4 Å². The van der Waals surface area contributed by atoms with Crippen LogP contribution in [0.25, 0.3) is 0 Å². The zero-order valence-corrected chi connectivity index (χ0v) is 17.1. The van der Waals surface area contributed by atoms with Gasteiger partial charge in [0.1, 0.15) is 0 Å². The summed E-state index contributed by atoms with van der Waals surface area (Å²) in [6.45, 7) is 0.405. The monoisotopic (exact) mass is 467 g/mol. The van der Waals surface area contributed by atoms with Crippen LogP contribution in [0.2, 0.25) is 0 Å². The average Bonchev–Trinajstić information content (AvgIpc) is 2.47. The van der Waals surface area contributed by atoms with Crippen molar-refractivity contribution in [2.75, 3.05) is 32.1 Å². The highest BCUT2D eigenvalue weighted by Crippen LogP contribution is 2.46. The summed E-state index contributed by atoms with van der Waals surface area (Å²) in [5, 5.41) is 0. The quantitative estimate of drug-likeness (QED) is 0.299. The number of rotatable bonds is 12. The van der Waals surface area contributed by atoms with Gasteiger partial charge in [0.15, 0.2) is 9.84 Å². The second-order valence-corrected chi connectivity index (χ2v) is 9.91. The highest BCUT2D eigenvalue weighted by molar-refractivity contribution is 7.91. The molecule has 0 rings (SSSR count). The first-order valence-electron chi connectivity index (χ1n) is 8.74. The molecule has 0 aromatic heterocycles. The Morgan fingerprint density at radius 2 is 1.34 bits per heavy atom. The summed E-state index contributed by atoms with van der Waals surface area (Å²) in [7, 11) is -0.489. The molecule has 0 saturated heterocycles. The van der Waals surface area contributed by atoms with Crippen molar-refractivity contribution < 1.29 is 47.9 Å². The van der Waals surface area contributed by atoms with Crippen molar-refractivity contribution in [1.82, 2.24) is 4.90 Å². The lowest BCUT2D eigenvalue weighted by Gasteiger charge is -2.31. The van der Waals surface area contributed by atoms with Crippen molar-refractivity contribution in [3.8, 4) is 0 Å². The standard InChI is InChI=1S/C16H26F9NO2S/c1-13(17,16(23,24)25)10-12(15(20,21)22)11-14(18,19)6-9-29(27,28)8-5-4-7-26(2)3/h12H,4-11H2,1-3H3. The van der Waals surface area contributed by atoms with Crippen LogP contribution < -0.4 is 0 Å². The maximum absolute atomic E-state index is 13.9. The van der Waals surface area contributed by atoms with E-state index in [0.717, 1.165) is 0 Å². The molecule has 0 fully saturated rings. The van der Waals surface area contributed by atoms with Gasteiger partial charge in [0.2, 0.25) is 11.6 Å². The van der Waals surface area contributed by atoms with Gasteiger partial charge in [-0.2, -0.15) is 26.3 Å². The molecular formula is C16H26F9NO2S. The predicted octanol–water partition coefficient (Wildman–Crippen LogP) is 5.02. The predicted molar refractivity (Wildman–Crippen MR) is 90.4 cm³/mol. The summed E-state index contributed by atoms with van der Waals surface area (Å²) in [6.07, 6.45) is -16.4. The summed E-state index contributed by atoms with van der Waals surface area (Å²) >= 11 is 0. The average molecular weight is 467 g/mol. The van der Waals surface area contributed by atoms with Gasteiger partial charge in [-0.15, -0.1) is 0 Å². The van der Waals surface area contributed by atoms with E-state index in [0.29, 0.717) is 13.0 Å². The van der Waals surface area contributed by atoms with E-state index >= 15 is 0 Å². The van der Waals surface area contributed by atoms with Gasteiger partial charge < -0.3 is 4.90 Å². The van der Waals surface area contributed by atoms with Gasteiger partial charge in [-0.3, -0.25) is 0 Å². The Kier molecular flexibility index (Phi) is 9.81. The molecule has 0 aromatic carbocycles. The fourth-order valence-corrected chi connectivity index (χ4v) is 3.96. The van der Waals surface area contributed by atoms with Crippen molar-refractivity contribution >= 4 is 9.84 Å². The van der Waals surface area contributed by atoms with Gasteiger partial charge >= 0.3 is 12.4 Å². The smallest absolute Gasteiger partial charge is 0.309 e. The Morgan fingerprint density at radius 3 is 1.76 bits per heavy atom. The first-order chi connectivity index (χ1) is 12.7. The molecule has 13 heteroatoms. The first-order valence-corrected chi connectivity index (χ1v) is 10.6. The third kappa shape index (κ3) is 11.3. The molecule has 29 heavy (non-hydrogen) atoms. The summed E-state index contributed by atoms with van der Waals surface area (Å²) in [4.78, 5) is 1.78. The van der Waals surface area contributed by atoms with Crippen molar-refractivity contribution in [3.05, 3.63) is 0 Å². The lowest BCUT2D eigenvalue weighted by atomic mass is 9.87. The van der Waals surface area contributed by atoms with Crippen LogP contribution in [0.4, 0.5) is 39.5 Å². The molecule has 0 aliphatic heterocycles. The molecular weight excluding hydrogens is 441 g/mol. The van der Waals surface area contributed by atoms with E-state index in [1.807, 2.05) is 0 Å². The van der Waals surface area contributed by atoms with Crippen LogP contribution in [0.15, 0.2) is 0 Å². The number of unbranched alkanes of at least 4 members (excludes halogenated alkanes) is 1. The van der Waals surface area contributed by atoms with Crippen LogP contribution in [0, 0.1) is 5.92 Å². The molecule has 0 bridgehead atoms. The number of nitrogens with zero attached hydrogens (tertiary/aromatic N) is 1. The third-order valence-electron chi connectivity index (χ3n) is 4.32. The molecule has 3 nitrogen and oxygen atoms in total. The molecule has 0 amide bonds. The van der Waals surface area contributed by atoms with Crippen molar-refractivity contribution in [2.24, 2.45) is 5.92 Å². The highest BCUT2D eigenvalue weighted by Gasteiger charge is 2.58.